The van der Waals surface area contributed by atoms with Gasteiger partial charge in [-0.05, 0) is 25.5 Å². The Morgan fingerprint density at radius 2 is 2.03 bits per heavy atom. The lowest BCUT2D eigenvalue weighted by molar-refractivity contribution is -0.137. The molecule has 5 rings (SSSR count). The average molecular weight is 462 g/mol. The number of imide groups is 1. The molecular formula is C22H22N8O4. The summed E-state index contributed by atoms with van der Waals surface area (Å²) in [6.45, 7) is 1.97. The van der Waals surface area contributed by atoms with Gasteiger partial charge in [-0.2, -0.15) is 5.10 Å². The number of carbonyl (C=O) groups is 4. The summed E-state index contributed by atoms with van der Waals surface area (Å²) in [5, 5.41) is 17.6. The molecule has 1 aromatic carbocycles. The lowest BCUT2D eigenvalue weighted by Gasteiger charge is -2.29. The van der Waals surface area contributed by atoms with Crippen molar-refractivity contribution >= 4 is 29.3 Å². The number of hydrogen-bond acceptors (Lipinski definition) is 7. The fraction of sp³-hybridized carbons (Fsp3) is 0.318. The van der Waals surface area contributed by atoms with Gasteiger partial charge in [0, 0.05) is 48.6 Å². The summed E-state index contributed by atoms with van der Waals surface area (Å²) < 4.78 is 3.12. The number of fused-ring (bicyclic) bond motifs is 1. The van der Waals surface area contributed by atoms with Crippen LogP contribution < -0.4 is 10.6 Å². The molecule has 12 heteroatoms. The van der Waals surface area contributed by atoms with Gasteiger partial charge in [-0.1, -0.05) is 11.3 Å². The van der Waals surface area contributed by atoms with Crippen molar-refractivity contribution in [2.75, 3.05) is 5.32 Å². The van der Waals surface area contributed by atoms with Crippen LogP contribution >= 0.6 is 0 Å². The molecule has 12 nitrogen and oxygen atoms in total. The Hall–Kier alpha value is -4.35. The van der Waals surface area contributed by atoms with Crippen molar-refractivity contribution in [3.05, 3.63) is 47.4 Å². The van der Waals surface area contributed by atoms with Crippen molar-refractivity contribution in [3.63, 3.8) is 0 Å². The zero-order chi connectivity index (χ0) is 24.0. The van der Waals surface area contributed by atoms with Crippen molar-refractivity contribution in [1.29, 1.82) is 0 Å². The van der Waals surface area contributed by atoms with Gasteiger partial charge < -0.3 is 10.2 Å². The second kappa shape index (κ2) is 8.21. The number of aryl methyl sites for hydroxylation is 2. The molecule has 3 aromatic rings. The molecule has 0 aliphatic carbocycles. The molecule has 2 aromatic heterocycles. The van der Waals surface area contributed by atoms with E-state index in [0.717, 1.165) is 11.3 Å². The number of rotatable bonds is 5. The van der Waals surface area contributed by atoms with Crippen LogP contribution in [0.2, 0.25) is 0 Å². The summed E-state index contributed by atoms with van der Waals surface area (Å²) >= 11 is 0. The van der Waals surface area contributed by atoms with Crippen LogP contribution in [0.15, 0.2) is 30.6 Å². The van der Waals surface area contributed by atoms with Crippen LogP contribution in [0.3, 0.4) is 0 Å². The van der Waals surface area contributed by atoms with E-state index in [-0.39, 0.29) is 43.7 Å². The molecule has 4 amide bonds. The Kier molecular flexibility index (Phi) is 5.19. The van der Waals surface area contributed by atoms with Crippen LogP contribution in [0.25, 0.3) is 11.3 Å². The number of piperidine rings is 1. The quantitative estimate of drug-likeness (QED) is 0.522. The van der Waals surface area contributed by atoms with Crippen molar-refractivity contribution in [2.45, 2.75) is 38.9 Å². The van der Waals surface area contributed by atoms with E-state index in [4.69, 9.17) is 0 Å². The molecule has 1 atom stereocenters. The van der Waals surface area contributed by atoms with Gasteiger partial charge in [0.25, 0.3) is 5.91 Å². The summed E-state index contributed by atoms with van der Waals surface area (Å²) in [5.41, 5.74) is 3.82. The minimum atomic E-state index is -0.717. The monoisotopic (exact) mass is 462 g/mol. The Bertz CT molecular complexity index is 1340. The third-order valence-electron chi connectivity index (χ3n) is 5.99. The Morgan fingerprint density at radius 1 is 1.21 bits per heavy atom. The molecule has 1 saturated heterocycles. The lowest BCUT2D eigenvalue weighted by atomic mass is 10.0. The van der Waals surface area contributed by atoms with Crippen molar-refractivity contribution in [1.82, 2.24) is 35.0 Å². The number of hydrogen-bond donors (Lipinski definition) is 2. The summed E-state index contributed by atoms with van der Waals surface area (Å²) in [7, 11) is 1.82. The van der Waals surface area contributed by atoms with Gasteiger partial charge in [-0.25, -0.2) is 4.68 Å². The first-order chi connectivity index (χ1) is 16.3. The molecule has 0 bridgehead atoms. The highest BCUT2D eigenvalue weighted by atomic mass is 16.2. The highest BCUT2D eigenvalue weighted by molar-refractivity contribution is 6.06. The highest BCUT2D eigenvalue weighted by Gasteiger charge is 2.39. The topological polar surface area (TPSA) is 144 Å². The predicted molar refractivity (Wildman–Crippen MR) is 118 cm³/mol. The van der Waals surface area contributed by atoms with E-state index in [0.29, 0.717) is 22.5 Å². The maximum Gasteiger partial charge on any atom is 0.255 e. The fourth-order valence-corrected chi connectivity index (χ4v) is 4.39. The summed E-state index contributed by atoms with van der Waals surface area (Å²) in [6.07, 6.45) is 3.96. The standard InChI is InChI=1S/C22H22N8O4/c1-12-14(8-28(2)26-12)17-10-29(27-25-17)11-20(32)23-16-5-3-4-13-15(16)9-30(22(13)34)18-6-7-19(31)24-21(18)33/h3-5,8,10,18H,6-7,9,11H2,1-2H3,(H,23,32)(H,24,31,33). The Morgan fingerprint density at radius 3 is 2.76 bits per heavy atom. The van der Waals surface area contributed by atoms with Crippen LogP contribution in [0, 0.1) is 6.92 Å². The number of nitrogens with one attached hydrogen (secondary N) is 2. The normalized spacial score (nSPS) is 17.6. The molecule has 4 heterocycles. The molecule has 0 spiro atoms. The van der Waals surface area contributed by atoms with Gasteiger partial charge >= 0.3 is 0 Å². The number of amides is 4. The van der Waals surface area contributed by atoms with Gasteiger partial charge in [0.05, 0.1) is 11.9 Å². The van der Waals surface area contributed by atoms with Crippen LogP contribution in [0.4, 0.5) is 5.69 Å². The zero-order valence-corrected chi connectivity index (χ0v) is 18.6. The van der Waals surface area contributed by atoms with E-state index in [2.05, 4.69) is 26.0 Å². The number of carbonyl (C=O) groups excluding carboxylic acids is 4. The summed E-state index contributed by atoms with van der Waals surface area (Å²) in [4.78, 5) is 50.8. The molecule has 34 heavy (non-hydrogen) atoms. The minimum Gasteiger partial charge on any atom is -0.324 e. The molecule has 2 N–H and O–H groups in total. The van der Waals surface area contributed by atoms with Gasteiger partial charge in [0.2, 0.25) is 17.7 Å². The van der Waals surface area contributed by atoms with Crippen molar-refractivity contribution in [3.8, 4) is 11.3 Å². The third-order valence-corrected chi connectivity index (χ3v) is 5.99. The molecule has 1 fully saturated rings. The number of anilines is 1. The maximum atomic E-state index is 12.9. The molecule has 0 saturated carbocycles. The van der Waals surface area contributed by atoms with Crippen LogP contribution in [-0.2, 0) is 34.5 Å². The van der Waals surface area contributed by atoms with Gasteiger partial charge in [-0.15, -0.1) is 5.10 Å². The van der Waals surface area contributed by atoms with Crippen molar-refractivity contribution in [2.24, 2.45) is 7.05 Å². The van der Waals surface area contributed by atoms with E-state index in [1.54, 1.807) is 29.1 Å². The van der Waals surface area contributed by atoms with Crippen LogP contribution in [0.1, 0.15) is 34.5 Å². The second-order valence-corrected chi connectivity index (χ2v) is 8.38. The van der Waals surface area contributed by atoms with E-state index in [9.17, 15) is 19.2 Å². The van der Waals surface area contributed by atoms with E-state index in [1.165, 1.54) is 9.58 Å². The zero-order valence-electron chi connectivity index (χ0n) is 18.6. The van der Waals surface area contributed by atoms with Gasteiger partial charge in [-0.3, -0.25) is 29.2 Å². The van der Waals surface area contributed by atoms with E-state index >= 15 is 0 Å². The summed E-state index contributed by atoms with van der Waals surface area (Å²) in [6, 6.07) is 4.34. The SMILES string of the molecule is Cc1nn(C)cc1-c1cn(CC(=O)Nc2cccc3c2CN(C2CCC(=O)NC2=O)C3=O)nn1. The number of aromatic nitrogens is 5. The summed E-state index contributed by atoms with van der Waals surface area (Å²) in [5.74, 6) is -1.45. The first-order valence-corrected chi connectivity index (χ1v) is 10.8. The fourth-order valence-electron chi connectivity index (χ4n) is 4.39. The number of nitrogens with zero attached hydrogens (tertiary/aromatic N) is 6. The Balaban J connectivity index is 1.29. The van der Waals surface area contributed by atoms with Crippen molar-refractivity contribution < 1.29 is 19.2 Å². The van der Waals surface area contributed by atoms with Gasteiger partial charge in [0.1, 0.15) is 18.3 Å². The van der Waals surface area contributed by atoms with Crippen LogP contribution in [-0.4, -0.2) is 59.3 Å². The molecule has 174 valence electrons. The second-order valence-electron chi connectivity index (χ2n) is 8.38. The molecule has 2 aliphatic heterocycles. The van der Waals surface area contributed by atoms with Crippen LogP contribution in [0.5, 0.6) is 0 Å². The van der Waals surface area contributed by atoms with E-state index in [1.807, 2.05) is 20.2 Å². The predicted octanol–water partition coefficient (Wildman–Crippen LogP) is 0.387. The smallest absolute Gasteiger partial charge is 0.255 e. The first-order valence-electron chi connectivity index (χ1n) is 10.8. The largest absolute Gasteiger partial charge is 0.324 e. The maximum absolute atomic E-state index is 12.9. The average Bonchev–Trinajstić information content (AvgIpc) is 3.46. The van der Waals surface area contributed by atoms with E-state index < -0.39 is 11.9 Å². The Labute approximate surface area is 193 Å². The molecule has 1 unspecified atom stereocenters. The minimum absolute atomic E-state index is 0.0687. The highest BCUT2D eigenvalue weighted by Crippen LogP contribution is 2.32. The number of benzene rings is 1. The molecular weight excluding hydrogens is 440 g/mol. The third kappa shape index (κ3) is 3.83. The molecule has 0 radical (unpaired) electrons. The first kappa shape index (κ1) is 21.5. The lowest BCUT2D eigenvalue weighted by Crippen LogP contribution is -2.52. The van der Waals surface area contributed by atoms with Gasteiger partial charge in [0.15, 0.2) is 0 Å². The molecule has 2 aliphatic rings.